The Hall–Kier alpha value is -1.13. The first-order valence-corrected chi connectivity index (χ1v) is 7.64. The lowest BCUT2D eigenvalue weighted by Crippen LogP contribution is -2.30. The van der Waals surface area contributed by atoms with Crippen molar-refractivity contribution in [1.82, 2.24) is 4.98 Å². The van der Waals surface area contributed by atoms with Gasteiger partial charge in [0, 0.05) is 6.61 Å². The van der Waals surface area contributed by atoms with Gasteiger partial charge in [0.15, 0.2) is 5.13 Å². The van der Waals surface area contributed by atoms with Crippen LogP contribution in [0.25, 0.3) is 10.2 Å². The van der Waals surface area contributed by atoms with E-state index in [9.17, 15) is 0 Å². The summed E-state index contributed by atoms with van der Waals surface area (Å²) in [5, 5.41) is 4.50. The molecule has 0 saturated carbocycles. The summed E-state index contributed by atoms with van der Waals surface area (Å²) in [6, 6.07) is 6.62. The van der Waals surface area contributed by atoms with E-state index in [0.29, 0.717) is 12.0 Å². The van der Waals surface area contributed by atoms with Crippen LogP contribution in [-0.2, 0) is 4.74 Å². The van der Waals surface area contributed by atoms with Crippen LogP contribution < -0.4 is 5.32 Å². The zero-order valence-corrected chi connectivity index (χ0v) is 12.9. The molecule has 3 nitrogen and oxygen atoms in total. The Balaban J connectivity index is 2.17. The Bertz CT molecular complexity index is 536. The number of benzene rings is 1. The first kappa shape index (κ1) is 14.3. The van der Waals surface area contributed by atoms with Crippen LogP contribution in [0, 0.1) is 12.8 Å². The Morgan fingerprint density at radius 1 is 1.37 bits per heavy atom. The molecule has 4 heteroatoms. The fourth-order valence-electron chi connectivity index (χ4n) is 1.95. The first-order chi connectivity index (χ1) is 9.11. The highest BCUT2D eigenvalue weighted by atomic mass is 32.1. The van der Waals surface area contributed by atoms with Crippen LogP contribution in [0.5, 0.6) is 0 Å². The Morgan fingerprint density at radius 2 is 2.16 bits per heavy atom. The van der Waals surface area contributed by atoms with Crippen LogP contribution in [0.15, 0.2) is 18.2 Å². The van der Waals surface area contributed by atoms with E-state index in [1.165, 1.54) is 10.3 Å². The third kappa shape index (κ3) is 3.45. The van der Waals surface area contributed by atoms with Gasteiger partial charge in [0.05, 0.1) is 22.9 Å². The number of anilines is 1. The monoisotopic (exact) mass is 278 g/mol. The molecule has 0 aliphatic carbocycles. The molecular formula is C15H22N2OS. The van der Waals surface area contributed by atoms with Crippen molar-refractivity contribution in [3.05, 3.63) is 23.8 Å². The van der Waals surface area contributed by atoms with Gasteiger partial charge in [-0.15, -0.1) is 0 Å². The van der Waals surface area contributed by atoms with Crippen molar-refractivity contribution in [1.29, 1.82) is 0 Å². The minimum atomic E-state index is 0.306. The van der Waals surface area contributed by atoms with Gasteiger partial charge in [0.1, 0.15) is 0 Å². The molecule has 1 atom stereocenters. The molecule has 1 aromatic carbocycles. The minimum Gasteiger partial charge on any atom is -0.380 e. The molecule has 0 bridgehead atoms. The largest absolute Gasteiger partial charge is 0.380 e. The predicted octanol–water partition coefficient (Wildman–Crippen LogP) is 4.08. The molecule has 0 aliphatic rings. The zero-order valence-electron chi connectivity index (χ0n) is 12.1. The molecule has 0 amide bonds. The van der Waals surface area contributed by atoms with E-state index in [-0.39, 0.29) is 0 Å². The number of nitrogens with zero attached hydrogens (tertiary/aromatic N) is 1. The zero-order chi connectivity index (χ0) is 13.8. The average molecular weight is 278 g/mol. The number of aromatic nitrogens is 1. The highest BCUT2D eigenvalue weighted by molar-refractivity contribution is 7.22. The van der Waals surface area contributed by atoms with Crippen molar-refractivity contribution in [3.63, 3.8) is 0 Å². The van der Waals surface area contributed by atoms with E-state index >= 15 is 0 Å². The number of hydrogen-bond acceptors (Lipinski definition) is 4. The highest BCUT2D eigenvalue weighted by Gasteiger charge is 2.15. The summed E-state index contributed by atoms with van der Waals surface area (Å²) in [5.74, 6) is 0.514. The summed E-state index contributed by atoms with van der Waals surface area (Å²) in [6.45, 7) is 10.0. The van der Waals surface area contributed by atoms with Gasteiger partial charge in [-0.2, -0.15) is 0 Å². The standard InChI is InChI=1S/C15H22N2OS/c1-5-18-9-12(10(2)3)16-15-17-14-11(4)7-6-8-13(14)19-15/h6-8,10,12H,5,9H2,1-4H3,(H,16,17). The predicted molar refractivity (Wildman–Crippen MR) is 83.1 cm³/mol. The number of nitrogens with one attached hydrogen (secondary N) is 1. The lowest BCUT2D eigenvalue weighted by atomic mass is 10.1. The highest BCUT2D eigenvalue weighted by Crippen LogP contribution is 2.28. The van der Waals surface area contributed by atoms with Crippen LogP contribution >= 0.6 is 11.3 Å². The van der Waals surface area contributed by atoms with E-state index in [1.54, 1.807) is 11.3 Å². The number of ether oxygens (including phenoxy) is 1. The third-order valence-electron chi connectivity index (χ3n) is 3.24. The topological polar surface area (TPSA) is 34.1 Å². The van der Waals surface area contributed by atoms with Crippen molar-refractivity contribution in [2.75, 3.05) is 18.5 Å². The number of aryl methyl sites for hydroxylation is 1. The van der Waals surface area contributed by atoms with Gasteiger partial charge in [-0.05, 0) is 31.4 Å². The average Bonchev–Trinajstić information content (AvgIpc) is 2.78. The molecule has 1 N–H and O–H groups in total. The molecule has 104 valence electrons. The summed E-state index contributed by atoms with van der Waals surface area (Å²) < 4.78 is 6.78. The Morgan fingerprint density at radius 3 is 2.79 bits per heavy atom. The lowest BCUT2D eigenvalue weighted by Gasteiger charge is -2.21. The van der Waals surface area contributed by atoms with Gasteiger partial charge in [0.25, 0.3) is 0 Å². The molecule has 0 aliphatic heterocycles. The fourth-order valence-corrected chi connectivity index (χ4v) is 2.96. The molecule has 1 heterocycles. The maximum atomic E-state index is 5.54. The molecular weight excluding hydrogens is 256 g/mol. The van der Waals surface area contributed by atoms with E-state index in [2.05, 4.69) is 44.3 Å². The molecule has 0 radical (unpaired) electrons. The smallest absolute Gasteiger partial charge is 0.184 e. The fraction of sp³-hybridized carbons (Fsp3) is 0.533. The second-order valence-corrected chi connectivity index (χ2v) is 6.13. The van der Waals surface area contributed by atoms with Crippen molar-refractivity contribution >= 4 is 26.7 Å². The maximum Gasteiger partial charge on any atom is 0.184 e. The molecule has 1 unspecified atom stereocenters. The number of thiazole rings is 1. The van der Waals surface area contributed by atoms with Gasteiger partial charge >= 0.3 is 0 Å². The number of rotatable bonds is 6. The first-order valence-electron chi connectivity index (χ1n) is 6.82. The van der Waals surface area contributed by atoms with Gasteiger partial charge in [0.2, 0.25) is 0 Å². The summed E-state index contributed by atoms with van der Waals surface area (Å²) in [6.07, 6.45) is 0. The molecule has 0 saturated heterocycles. The molecule has 2 rings (SSSR count). The maximum absolute atomic E-state index is 5.54. The van der Waals surface area contributed by atoms with Crippen LogP contribution in [0.4, 0.5) is 5.13 Å². The number of para-hydroxylation sites is 1. The number of fused-ring (bicyclic) bond motifs is 1. The van der Waals surface area contributed by atoms with Crippen molar-refractivity contribution in [3.8, 4) is 0 Å². The number of hydrogen-bond donors (Lipinski definition) is 1. The van der Waals surface area contributed by atoms with Gasteiger partial charge in [-0.25, -0.2) is 4.98 Å². The molecule has 19 heavy (non-hydrogen) atoms. The molecule has 0 spiro atoms. The minimum absolute atomic E-state index is 0.306. The second-order valence-electron chi connectivity index (χ2n) is 5.09. The van der Waals surface area contributed by atoms with Crippen LogP contribution in [0.1, 0.15) is 26.3 Å². The van der Waals surface area contributed by atoms with Gasteiger partial charge < -0.3 is 10.1 Å². The van der Waals surface area contributed by atoms with Crippen LogP contribution in [0.2, 0.25) is 0 Å². The molecule has 0 fully saturated rings. The van der Waals surface area contributed by atoms with Crippen LogP contribution in [0.3, 0.4) is 0 Å². The molecule has 1 aromatic heterocycles. The summed E-state index contributed by atoms with van der Waals surface area (Å²) >= 11 is 1.71. The van der Waals surface area contributed by atoms with Crippen molar-refractivity contribution in [2.45, 2.75) is 33.7 Å². The SMILES string of the molecule is CCOCC(Nc1nc2c(C)cccc2s1)C(C)C. The quantitative estimate of drug-likeness (QED) is 0.864. The van der Waals surface area contributed by atoms with Crippen molar-refractivity contribution < 1.29 is 4.74 Å². The normalized spacial score (nSPS) is 13.1. The summed E-state index contributed by atoms with van der Waals surface area (Å²) in [5.41, 5.74) is 2.33. The van der Waals surface area contributed by atoms with E-state index < -0.39 is 0 Å². The van der Waals surface area contributed by atoms with Crippen LogP contribution in [-0.4, -0.2) is 24.2 Å². The van der Waals surface area contributed by atoms with E-state index in [0.717, 1.165) is 23.9 Å². The summed E-state index contributed by atoms with van der Waals surface area (Å²) in [4.78, 5) is 4.69. The lowest BCUT2D eigenvalue weighted by molar-refractivity contribution is 0.127. The summed E-state index contributed by atoms with van der Waals surface area (Å²) in [7, 11) is 0. The van der Waals surface area contributed by atoms with Gasteiger partial charge in [-0.3, -0.25) is 0 Å². The molecule has 2 aromatic rings. The van der Waals surface area contributed by atoms with E-state index in [1.807, 2.05) is 6.92 Å². The van der Waals surface area contributed by atoms with E-state index in [4.69, 9.17) is 9.72 Å². The van der Waals surface area contributed by atoms with Gasteiger partial charge in [-0.1, -0.05) is 37.3 Å². The Kier molecular flexibility index (Phi) is 4.77. The van der Waals surface area contributed by atoms with Crippen molar-refractivity contribution in [2.24, 2.45) is 5.92 Å². The second kappa shape index (κ2) is 6.35. The third-order valence-corrected chi connectivity index (χ3v) is 4.19. The Labute approximate surface area is 119 Å².